The monoisotopic (exact) mass is 582 g/mol. The molecule has 4 aromatic rings. The van der Waals surface area contributed by atoms with Crippen molar-refractivity contribution in [2.75, 3.05) is 0 Å². The van der Waals surface area contributed by atoms with Crippen LogP contribution in [0.1, 0.15) is 11.5 Å². The van der Waals surface area contributed by atoms with E-state index >= 15 is 0 Å². The molecule has 0 saturated heterocycles. The Morgan fingerprint density at radius 2 is 1.00 bits per heavy atom. The summed E-state index contributed by atoms with van der Waals surface area (Å²) in [6, 6.07) is 22.2. The van der Waals surface area contributed by atoms with Gasteiger partial charge in [-0.25, -0.2) is 10.9 Å². The molecule has 2 N–H and O–H groups in total. The number of nitrogens with zero attached hydrogens (tertiary/aromatic N) is 2. The van der Waals surface area contributed by atoms with Crippen LogP contribution in [0.5, 0.6) is 0 Å². The zero-order chi connectivity index (χ0) is 23.9. The molecule has 2 heterocycles. The van der Waals surface area contributed by atoms with E-state index in [1.54, 1.807) is 24.3 Å². The molecule has 2 amide bonds. The van der Waals surface area contributed by atoms with Crippen molar-refractivity contribution in [3.8, 4) is 22.6 Å². The number of hydrazone groups is 2. The van der Waals surface area contributed by atoms with Crippen LogP contribution < -0.4 is 10.9 Å². The molecule has 0 unspecified atom stereocenters. The smallest absolute Gasteiger partial charge is 0.331 e. The maximum Gasteiger partial charge on any atom is 0.331 e. The van der Waals surface area contributed by atoms with Gasteiger partial charge in [0.25, 0.3) is 0 Å². The topological polar surface area (TPSA) is 109 Å². The molecule has 2 aromatic heterocycles. The Balaban J connectivity index is 1.26. The van der Waals surface area contributed by atoms with Crippen molar-refractivity contribution in [2.45, 2.75) is 0 Å². The molecule has 0 aliphatic heterocycles. The zero-order valence-corrected chi connectivity index (χ0v) is 20.5. The minimum atomic E-state index is -0.983. The lowest BCUT2D eigenvalue weighted by molar-refractivity contribution is -0.139. The first-order valence-corrected chi connectivity index (χ1v) is 11.4. The lowest BCUT2D eigenvalue weighted by atomic mass is 10.2. The quantitative estimate of drug-likeness (QED) is 0.181. The van der Waals surface area contributed by atoms with Gasteiger partial charge in [0.05, 0.1) is 12.4 Å². The Kier molecular flexibility index (Phi) is 7.51. The Morgan fingerprint density at radius 3 is 1.38 bits per heavy atom. The lowest BCUT2D eigenvalue weighted by Crippen LogP contribution is -2.35. The molecule has 0 aliphatic carbocycles. The summed E-state index contributed by atoms with van der Waals surface area (Å²) in [6.07, 6.45) is 2.59. The van der Waals surface area contributed by atoms with Crippen molar-refractivity contribution in [3.05, 3.63) is 93.3 Å². The van der Waals surface area contributed by atoms with Crippen LogP contribution in [0.15, 0.2) is 101 Å². The average molecular weight is 584 g/mol. The number of hydrogen-bond acceptors (Lipinski definition) is 6. The predicted octanol–water partition coefficient (Wildman–Crippen LogP) is 5.33. The summed E-state index contributed by atoms with van der Waals surface area (Å²) < 4.78 is 13.2. The van der Waals surface area contributed by atoms with E-state index in [0.717, 1.165) is 20.1 Å². The largest absolute Gasteiger partial charge is 0.455 e. The van der Waals surface area contributed by atoms with Crippen molar-refractivity contribution in [3.63, 3.8) is 0 Å². The fraction of sp³-hybridized carbons (Fsp3) is 0. The van der Waals surface area contributed by atoms with Gasteiger partial charge in [0, 0.05) is 20.1 Å². The Labute approximate surface area is 211 Å². The summed E-state index contributed by atoms with van der Waals surface area (Å²) in [4.78, 5) is 23.8. The Morgan fingerprint density at radius 1 is 0.618 bits per heavy atom. The Hall–Kier alpha value is -3.76. The van der Waals surface area contributed by atoms with E-state index in [2.05, 4.69) is 52.9 Å². The number of nitrogens with one attached hydrogen (secondary N) is 2. The number of furan rings is 2. The van der Waals surface area contributed by atoms with Gasteiger partial charge < -0.3 is 8.83 Å². The molecule has 0 aliphatic rings. The van der Waals surface area contributed by atoms with E-state index in [1.807, 2.05) is 48.5 Å². The van der Waals surface area contributed by atoms with Crippen LogP contribution in [0.25, 0.3) is 22.6 Å². The van der Waals surface area contributed by atoms with E-state index in [1.165, 1.54) is 12.4 Å². The van der Waals surface area contributed by atoms with Crippen molar-refractivity contribution in [1.29, 1.82) is 0 Å². The number of hydrogen-bond donors (Lipinski definition) is 2. The summed E-state index contributed by atoms with van der Waals surface area (Å²) in [5.41, 5.74) is 6.02. The summed E-state index contributed by atoms with van der Waals surface area (Å²) >= 11 is 6.76. The molecule has 2 aromatic carbocycles. The van der Waals surface area contributed by atoms with Gasteiger partial charge in [-0.05, 0) is 48.5 Å². The predicted molar refractivity (Wildman–Crippen MR) is 135 cm³/mol. The second-order valence-corrected chi connectivity index (χ2v) is 8.65. The molecule has 170 valence electrons. The number of carbonyl (C=O) groups is 2. The Bertz CT molecular complexity index is 1250. The standard InChI is InChI=1S/C24H16Br2N4O4/c25-17-5-1-15(2-6-17)21-11-9-19(33-21)13-27-29-23(31)24(32)30-28-14-20-10-12-22(34-20)16-3-7-18(26)8-4-16/h1-14H,(H,29,31)(H,30,32)/b27-13+,28-14?. The number of carbonyl (C=O) groups excluding carboxylic acids is 2. The van der Waals surface area contributed by atoms with E-state index in [4.69, 9.17) is 8.83 Å². The molecule has 10 heteroatoms. The first-order valence-electron chi connectivity index (χ1n) is 9.86. The molecular formula is C24H16Br2N4O4. The van der Waals surface area contributed by atoms with Crippen LogP contribution in [-0.2, 0) is 9.59 Å². The highest BCUT2D eigenvalue weighted by molar-refractivity contribution is 9.10. The van der Waals surface area contributed by atoms with E-state index in [0.29, 0.717) is 23.0 Å². The van der Waals surface area contributed by atoms with Crippen molar-refractivity contribution < 1.29 is 18.4 Å². The highest BCUT2D eigenvalue weighted by Gasteiger charge is 2.12. The zero-order valence-electron chi connectivity index (χ0n) is 17.4. The number of benzene rings is 2. The normalized spacial score (nSPS) is 11.2. The van der Waals surface area contributed by atoms with Crippen LogP contribution in [0.2, 0.25) is 0 Å². The molecule has 34 heavy (non-hydrogen) atoms. The lowest BCUT2D eigenvalue weighted by Gasteiger charge is -1.98. The average Bonchev–Trinajstić information content (AvgIpc) is 3.50. The van der Waals surface area contributed by atoms with Crippen molar-refractivity contribution in [2.24, 2.45) is 10.2 Å². The summed E-state index contributed by atoms with van der Waals surface area (Å²) in [5.74, 6) is 0.153. The number of amides is 2. The minimum Gasteiger partial charge on any atom is -0.455 e. The molecule has 0 saturated carbocycles. The minimum absolute atomic E-state index is 0.413. The van der Waals surface area contributed by atoms with Gasteiger partial charge in [-0.3, -0.25) is 9.59 Å². The first-order chi connectivity index (χ1) is 16.5. The molecule has 0 atom stereocenters. The second-order valence-electron chi connectivity index (χ2n) is 6.82. The maximum atomic E-state index is 11.9. The van der Waals surface area contributed by atoms with Crippen LogP contribution >= 0.6 is 31.9 Å². The highest BCUT2D eigenvalue weighted by atomic mass is 79.9. The number of rotatable bonds is 6. The summed E-state index contributed by atoms with van der Waals surface area (Å²) in [7, 11) is 0. The SMILES string of the molecule is O=C(NN=Cc1ccc(-c2ccc(Br)cc2)o1)C(=O)N/N=C/c1ccc(-c2ccc(Br)cc2)o1. The fourth-order valence-electron chi connectivity index (χ4n) is 2.79. The maximum absolute atomic E-state index is 11.9. The number of halogens is 2. The van der Waals surface area contributed by atoms with Gasteiger partial charge in [0.1, 0.15) is 23.0 Å². The van der Waals surface area contributed by atoms with Gasteiger partial charge in [-0.2, -0.15) is 10.2 Å². The molecule has 8 nitrogen and oxygen atoms in total. The van der Waals surface area contributed by atoms with Gasteiger partial charge >= 0.3 is 11.8 Å². The third-order valence-electron chi connectivity index (χ3n) is 4.43. The third kappa shape index (κ3) is 6.18. The van der Waals surface area contributed by atoms with Crippen molar-refractivity contribution >= 4 is 56.1 Å². The summed E-state index contributed by atoms with van der Waals surface area (Å²) in [5, 5.41) is 7.47. The molecular weight excluding hydrogens is 568 g/mol. The molecule has 0 radical (unpaired) electrons. The molecule has 0 fully saturated rings. The van der Waals surface area contributed by atoms with Gasteiger partial charge in [-0.1, -0.05) is 56.1 Å². The molecule has 0 bridgehead atoms. The third-order valence-corrected chi connectivity index (χ3v) is 5.49. The molecule has 0 spiro atoms. The van der Waals surface area contributed by atoms with E-state index < -0.39 is 11.8 Å². The van der Waals surface area contributed by atoms with Crippen LogP contribution in [0.4, 0.5) is 0 Å². The second kappa shape index (κ2) is 10.9. The highest BCUT2D eigenvalue weighted by Crippen LogP contribution is 2.24. The van der Waals surface area contributed by atoms with Crippen LogP contribution in [-0.4, -0.2) is 24.2 Å². The van der Waals surface area contributed by atoms with Gasteiger partial charge in [0.2, 0.25) is 0 Å². The first kappa shape index (κ1) is 23.4. The van der Waals surface area contributed by atoms with Gasteiger partial charge in [-0.15, -0.1) is 0 Å². The summed E-state index contributed by atoms with van der Waals surface area (Å²) in [6.45, 7) is 0. The van der Waals surface area contributed by atoms with Crippen molar-refractivity contribution in [1.82, 2.24) is 10.9 Å². The van der Waals surface area contributed by atoms with Crippen LogP contribution in [0.3, 0.4) is 0 Å². The van der Waals surface area contributed by atoms with E-state index in [-0.39, 0.29) is 0 Å². The molecule has 4 rings (SSSR count). The fourth-order valence-corrected chi connectivity index (χ4v) is 3.32. The van der Waals surface area contributed by atoms with Crippen LogP contribution in [0, 0.1) is 0 Å². The van der Waals surface area contributed by atoms with E-state index in [9.17, 15) is 9.59 Å². The van der Waals surface area contributed by atoms with Gasteiger partial charge in [0.15, 0.2) is 0 Å².